The maximum absolute atomic E-state index is 14.0. The number of halogens is 4. The van der Waals surface area contributed by atoms with E-state index >= 15 is 0 Å². The van der Waals surface area contributed by atoms with Crippen LogP contribution in [0.4, 0.5) is 13.2 Å². The molecule has 0 N–H and O–H groups in total. The molecule has 0 saturated heterocycles. The Morgan fingerprint density at radius 1 is 1.00 bits per heavy atom. The third-order valence-electron chi connectivity index (χ3n) is 4.46. The maximum Gasteiger partial charge on any atom is 0.162 e. The molecule has 1 unspecified atom stereocenters. The van der Waals surface area contributed by atoms with E-state index in [4.69, 9.17) is 0 Å². The van der Waals surface area contributed by atoms with E-state index < -0.39 is 29.8 Å². The molecule has 0 spiro atoms. The highest BCUT2D eigenvalue weighted by Crippen LogP contribution is 2.31. The van der Waals surface area contributed by atoms with Gasteiger partial charge in [-0.3, -0.25) is 4.79 Å². The number of rotatable bonds is 5. The topological polar surface area (TPSA) is 17.1 Å². The Kier molecular flexibility index (Phi) is 5.80. The molecule has 3 aromatic rings. The SMILES string of the molecule is Cc1ccccc1C(C(=O)Cc1cc(F)cc(F)c1F)c1ccc(Br)cc1. The van der Waals surface area contributed by atoms with E-state index in [1.165, 1.54) is 0 Å². The van der Waals surface area contributed by atoms with Crippen LogP contribution in [0.1, 0.15) is 28.2 Å². The largest absolute Gasteiger partial charge is 0.298 e. The summed E-state index contributed by atoms with van der Waals surface area (Å²) in [6, 6.07) is 16.0. The predicted octanol–water partition coefficient (Wildman–Crippen LogP) is 6.12. The van der Waals surface area contributed by atoms with Crippen LogP contribution in [-0.2, 0) is 11.2 Å². The number of benzene rings is 3. The quantitative estimate of drug-likeness (QED) is 0.444. The number of Topliss-reactive ketones (excluding diaryl/α,β-unsaturated/α-hetero) is 1. The van der Waals surface area contributed by atoms with Gasteiger partial charge in [-0.15, -0.1) is 0 Å². The van der Waals surface area contributed by atoms with Gasteiger partial charge in [-0.2, -0.15) is 0 Å². The molecule has 27 heavy (non-hydrogen) atoms. The van der Waals surface area contributed by atoms with E-state index in [0.717, 1.165) is 27.2 Å². The summed E-state index contributed by atoms with van der Waals surface area (Å²) in [5, 5.41) is 0. The molecule has 0 heterocycles. The number of aryl methyl sites for hydroxylation is 1. The summed E-state index contributed by atoms with van der Waals surface area (Å²) in [7, 11) is 0. The molecule has 0 radical (unpaired) electrons. The van der Waals surface area contributed by atoms with Gasteiger partial charge in [0.2, 0.25) is 0 Å². The van der Waals surface area contributed by atoms with Crippen LogP contribution < -0.4 is 0 Å². The molecule has 0 saturated carbocycles. The van der Waals surface area contributed by atoms with Gasteiger partial charge in [0.1, 0.15) is 11.6 Å². The van der Waals surface area contributed by atoms with E-state index in [2.05, 4.69) is 15.9 Å². The summed E-state index contributed by atoms with van der Waals surface area (Å²) < 4.78 is 41.9. The molecule has 0 aliphatic carbocycles. The first-order chi connectivity index (χ1) is 12.9. The Morgan fingerprint density at radius 2 is 1.67 bits per heavy atom. The van der Waals surface area contributed by atoms with E-state index in [-0.39, 0.29) is 11.3 Å². The summed E-state index contributed by atoms with van der Waals surface area (Å²) >= 11 is 3.36. The molecule has 0 bridgehead atoms. The van der Waals surface area contributed by atoms with Crippen LogP contribution in [0, 0.1) is 24.4 Å². The van der Waals surface area contributed by atoms with Crippen molar-refractivity contribution in [1.82, 2.24) is 0 Å². The molecular formula is C22H16BrF3O. The van der Waals surface area contributed by atoms with E-state index in [1.807, 2.05) is 55.5 Å². The van der Waals surface area contributed by atoms with Crippen molar-refractivity contribution in [3.05, 3.63) is 105 Å². The van der Waals surface area contributed by atoms with Gasteiger partial charge in [0, 0.05) is 22.5 Å². The highest BCUT2D eigenvalue weighted by atomic mass is 79.9. The zero-order valence-corrected chi connectivity index (χ0v) is 16.1. The molecule has 0 aliphatic rings. The van der Waals surface area contributed by atoms with Crippen LogP contribution in [0.5, 0.6) is 0 Å². The van der Waals surface area contributed by atoms with Crippen LogP contribution in [0.15, 0.2) is 65.1 Å². The van der Waals surface area contributed by atoms with Crippen LogP contribution >= 0.6 is 15.9 Å². The number of carbonyl (C=O) groups is 1. The lowest BCUT2D eigenvalue weighted by Gasteiger charge is -2.19. The molecule has 0 aliphatic heterocycles. The minimum Gasteiger partial charge on any atom is -0.298 e. The molecule has 3 aromatic carbocycles. The summed E-state index contributed by atoms with van der Waals surface area (Å²) in [6.07, 6.45) is -0.407. The van der Waals surface area contributed by atoms with Gasteiger partial charge in [-0.05, 0) is 41.8 Å². The molecule has 0 aromatic heterocycles. The van der Waals surface area contributed by atoms with Gasteiger partial charge < -0.3 is 0 Å². The second-order valence-corrected chi connectivity index (χ2v) is 7.26. The Balaban J connectivity index is 2.04. The van der Waals surface area contributed by atoms with Gasteiger partial charge in [0.15, 0.2) is 11.6 Å². The Bertz CT molecular complexity index is 983. The predicted molar refractivity (Wildman–Crippen MR) is 102 cm³/mol. The second-order valence-electron chi connectivity index (χ2n) is 6.34. The van der Waals surface area contributed by atoms with Crippen molar-refractivity contribution in [2.45, 2.75) is 19.3 Å². The van der Waals surface area contributed by atoms with Crippen molar-refractivity contribution in [2.24, 2.45) is 0 Å². The monoisotopic (exact) mass is 432 g/mol. The third kappa shape index (κ3) is 4.30. The van der Waals surface area contributed by atoms with Crippen LogP contribution in [-0.4, -0.2) is 5.78 Å². The molecule has 0 fully saturated rings. The van der Waals surface area contributed by atoms with Gasteiger partial charge >= 0.3 is 0 Å². The second kappa shape index (κ2) is 8.09. The van der Waals surface area contributed by atoms with Crippen LogP contribution in [0.3, 0.4) is 0 Å². The normalized spacial score (nSPS) is 12.0. The van der Waals surface area contributed by atoms with Crippen molar-refractivity contribution >= 4 is 21.7 Å². The fourth-order valence-electron chi connectivity index (χ4n) is 3.13. The first-order valence-corrected chi connectivity index (χ1v) is 9.13. The third-order valence-corrected chi connectivity index (χ3v) is 4.99. The van der Waals surface area contributed by atoms with Crippen molar-refractivity contribution in [3.8, 4) is 0 Å². The first-order valence-electron chi connectivity index (χ1n) is 8.34. The van der Waals surface area contributed by atoms with Crippen LogP contribution in [0.25, 0.3) is 0 Å². The fraction of sp³-hybridized carbons (Fsp3) is 0.136. The minimum atomic E-state index is -1.30. The standard InChI is InChI=1S/C22H16BrF3O/c1-13-4-2-3-5-18(13)21(14-6-8-16(23)9-7-14)20(27)11-15-10-17(24)12-19(25)22(15)26/h2-10,12,21H,11H2,1H3. The van der Waals surface area contributed by atoms with E-state index in [0.29, 0.717) is 6.07 Å². The zero-order valence-electron chi connectivity index (χ0n) is 14.5. The lowest BCUT2D eigenvalue weighted by molar-refractivity contribution is -0.119. The Morgan fingerprint density at radius 3 is 2.33 bits per heavy atom. The first kappa shape index (κ1) is 19.4. The number of ketones is 1. The Hall–Kier alpha value is -2.40. The van der Waals surface area contributed by atoms with E-state index in [9.17, 15) is 18.0 Å². The number of hydrogen-bond donors (Lipinski definition) is 0. The zero-order chi connectivity index (χ0) is 19.6. The average Bonchev–Trinajstić information content (AvgIpc) is 2.62. The van der Waals surface area contributed by atoms with Gasteiger partial charge in [0.25, 0.3) is 0 Å². The summed E-state index contributed by atoms with van der Waals surface area (Å²) in [5.74, 6) is -4.40. The molecule has 3 rings (SSSR count). The molecular weight excluding hydrogens is 417 g/mol. The number of hydrogen-bond acceptors (Lipinski definition) is 1. The fourth-order valence-corrected chi connectivity index (χ4v) is 3.40. The summed E-state index contributed by atoms with van der Waals surface area (Å²) in [4.78, 5) is 13.1. The van der Waals surface area contributed by atoms with Crippen LogP contribution in [0.2, 0.25) is 0 Å². The minimum absolute atomic E-state index is 0.284. The van der Waals surface area contributed by atoms with Gasteiger partial charge in [0.05, 0.1) is 5.92 Å². The van der Waals surface area contributed by atoms with Crippen molar-refractivity contribution in [2.75, 3.05) is 0 Å². The molecule has 0 amide bonds. The maximum atomic E-state index is 14.0. The summed E-state index contributed by atoms with van der Waals surface area (Å²) in [6.45, 7) is 1.89. The molecule has 1 nitrogen and oxygen atoms in total. The van der Waals surface area contributed by atoms with E-state index in [1.54, 1.807) is 0 Å². The van der Waals surface area contributed by atoms with Crippen molar-refractivity contribution in [1.29, 1.82) is 0 Å². The smallest absolute Gasteiger partial charge is 0.162 e. The molecule has 138 valence electrons. The van der Waals surface area contributed by atoms with Gasteiger partial charge in [-0.25, -0.2) is 13.2 Å². The van der Waals surface area contributed by atoms with Crippen molar-refractivity contribution < 1.29 is 18.0 Å². The highest BCUT2D eigenvalue weighted by Gasteiger charge is 2.26. The number of carbonyl (C=O) groups excluding carboxylic acids is 1. The molecule has 1 atom stereocenters. The highest BCUT2D eigenvalue weighted by molar-refractivity contribution is 9.10. The lowest BCUT2D eigenvalue weighted by Crippen LogP contribution is -2.18. The lowest BCUT2D eigenvalue weighted by atomic mass is 9.83. The van der Waals surface area contributed by atoms with Crippen molar-refractivity contribution in [3.63, 3.8) is 0 Å². The summed E-state index contributed by atoms with van der Waals surface area (Å²) in [5.41, 5.74) is 2.13. The Labute approximate surface area is 164 Å². The molecule has 5 heteroatoms. The average molecular weight is 433 g/mol. The van der Waals surface area contributed by atoms with Gasteiger partial charge in [-0.1, -0.05) is 52.3 Å².